The first-order valence-electron chi connectivity index (χ1n) is 10.5. The van der Waals surface area contributed by atoms with Crippen molar-refractivity contribution in [3.05, 3.63) is 82.0 Å². The van der Waals surface area contributed by atoms with Crippen molar-refractivity contribution in [2.24, 2.45) is 0 Å². The third-order valence-electron chi connectivity index (χ3n) is 5.78. The van der Waals surface area contributed by atoms with Crippen molar-refractivity contribution in [2.75, 3.05) is 0 Å². The lowest BCUT2D eigenvalue weighted by atomic mass is 9.73. The van der Waals surface area contributed by atoms with Crippen LogP contribution in [-0.2, 0) is 24.5 Å². The van der Waals surface area contributed by atoms with Gasteiger partial charge in [0.15, 0.2) is 0 Å². The number of ether oxygens (including phenoxy) is 2. The van der Waals surface area contributed by atoms with Gasteiger partial charge in [-0.15, -0.1) is 0 Å². The van der Waals surface area contributed by atoms with Crippen molar-refractivity contribution in [3.8, 4) is 11.5 Å². The second kappa shape index (κ2) is 9.53. The molecule has 2 aromatic rings. The predicted octanol–water partition coefficient (Wildman–Crippen LogP) is 5.20. The normalized spacial score (nSPS) is 11.3. The number of aryl methyl sites for hydroxylation is 4. The SMILES string of the molecule is C=C(C)C(=O)OC(OC(=O)C(=C)C)C(C)(c1cc(C)c(O)c(C)c1)c1cc(C)c(O)c(C)c1. The van der Waals surface area contributed by atoms with Gasteiger partial charge in [-0.25, -0.2) is 9.59 Å². The van der Waals surface area contributed by atoms with Gasteiger partial charge in [0.2, 0.25) is 0 Å². The summed E-state index contributed by atoms with van der Waals surface area (Å²) in [7, 11) is 0. The standard InChI is InChI=1S/C27H32O6/c1-14(2)24(30)32-26(33-25(31)15(3)4)27(9,20-10-16(5)22(28)17(6)11-20)21-12-18(7)23(29)19(8)13-21/h10-13,26,28-29H,1,3H2,2,4-9H3. The highest BCUT2D eigenvalue weighted by molar-refractivity contribution is 5.89. The molecule has 0 aliphatic carbocycles. The van der Waals surface area contributed by atoms with Crippen LogP contribution in [0.15, 0.2) is 48.6 Å². The minimum atomic E-state index is -1.39. The minimum absolute atomic E-state index is 0.143. The molecule has 0 aromatic heterocycles. The third kappa shape index (κ3) is 5.11. The summed E-state index contributed by atoms with van der Waals surface area (Å²) in [4.78, 5) is 25.1. The van der Waals surface area contributed by atoms with Gasteiger partial charge in [-0.2, -0.15) is 0 Å². The Morgan fingerprint density at radius 2 is 1.03 bits per heavy atom. The van der Waals surface area contributed by atoms with Gasteiger partial charge >= 0.3 is 11.9 Å². The average molecular weight is 453 g/mol. The molecular weight excluding hydrogens is 420 g/mol. The molecule has 0 aliphatic rings. The monoisotopic (exact) mass is 452 g/mol. The summed E-state index contributed by atoms with van der Waals surface area (Å²) in [6.45, 7) is 19.1. The lowest BCUT2D eigenvalue weighted by molar-refractivity contribution is -0.192. The number of hydrogen-bond acceptors (Lipinski definition) is 6. The molecule has 0 amide bonds. The molecule has 0 saturated heterocycles. The lowest BCUT2D eigenvalue weighted by Gasteiger charge is -2.38. The average Bonchev–Trinajstić information content (AvgIpc) is 2.73. The molecule has 2 N–H and O–H groups in total. The number of phenols is 2. The Morgan fingerprint density at radius 1 is 0.758 bits per heavy atom. The second-order valence-electron chi connectivity index (χ2n) is 8.82. The molecular formula is C27H32O6. The van der Waals surface area contributed by atoms with E-state index in [4.69, 9.17) is 9.47 Å². The van der Waals surface area contributed by atoms with Crippen molar-refractivity contribution in [1.29, 1.82) is 0 Å². The van der Waals surface area contributed by atoms with E-state index in [1.165, 1.54) is 13.8 Å². The smallest absolute Gasteiger partial charge is 0.336 e. The second-order valence-corrected chi connectivity index (χ2v) is 8.82. The van der Waals surface area contributed by atoms with Crippen molar-refractivity contribution >= 4 is 11.9 Å². The van der Waals surface area contributed by atoms with E-state index in [-0.39, 0.29) is 22.6 Å². The van der Waals surface area contributed by atoms with Crippen LogP contribution in [0.25, 0.3) is 0 Å². The number of carbonyl (C=O) groups excluding carboxylic acids is 2. The molecule has 0 radical (unpaired) electrons. The maximum Gasteiger partial charge on any atom is 0.336 e. The molecule has 6 heteroatoms. The number of hydrogen-bond donors (Lipinski definition) is 2. The van der Waals surface area contributed by atoms with Crippen LogP contribution in [0.3, 0.4) is 0 Å². The largest absolute Gasteiger partial charge is 0.507 e. The summed E-state index contributed by atoms with van der Waals surface area (Å²) in [5.74, 6) is -1.15. The molecule has 0 unspecified atom stereocenters. The number of esters is 2. The third-order valence-corrected chi connectivity index (χ3v) is 5.78. The quantitative estimate of drug-likeness (QED) is 0.341. The Kier molecular flexibility index (Phi) is 7.43. The van der Waals surface area contributed by atoms with E-state index in [0.717, 1.165) is 0 Å². The van der Waals surface area contributed by atoms with Gasteiger partial charge in [0.1, 0.15) is 11.5 Å². The number of aromatic hydroxyl groups is 2. The van der Waals surface area contributed by atoms with Gasteiger partial charge in [0, 0.05) is 11.1 Å². The van der Waals surface area contributed by atoms with E-state index < -0.39 is 23.6 Å². The Balaban J connectivity index is 2.89. The van der Waals surface area contributed by atoms with E-state index >= 15 is 0 Å². The molecule has 0 saturated carbocycles. The molecule has 0 aliphatic heterocycles. The number of phenolic OH excluding ortho intramolecular Hbond substituents is 2. The summed E-state index contributed by atoms with van der Waals surface area (Å²) in [5, 5.41) is 20.7. The molecule has 0 fully saturated rings. The fourth-order valence-electron chi connectivity index (χ4n) is 3.61. The Morgan fingerprint density at radius 3 is 1.27 bits per heavy atom. The highest BCUT2D eigenvalue weighted by Crippen LogP contribution is 2.42. The van der Waals surface area contributed by atoms with Crippen molar-refractivity contribution in [1.82, 2.24) is 0 Å². The predicted molar refractivity (Wildman–Crippen MR) is 127 cm³/mol. The van der Waals surface area contributed by atoms with E-state index in [1.54, 1.807) is 58.9 Å². The topological polar surface area (TPSA) is 93.1 Å². The zero-order valence-electron chi connectivity index (χ0n) is 20.3. The lowest BCUT2D eigenvalue weighted by Crippen LogP contribution is -2.44. The summed E-state index contributed by atoms with van der Waals surface area (Å²) in [5.41, 5.74) is 2.82. The van der Waals surface area contributed by atoms with Gasteiger partial charge in [0.25, 0.3) is 6.29 Å². The van der Waals surface area contributed by atoms with Crippen LogP contribution in [0.1, 0.15) is 54.2 Å². The fraction of sp³-hybridized carbons (Fsp3) is 0.333. The molecule has 0 bridgehead atoms. The highest BCUT2D eigenvalue weighted by atomic mass is 16.7. The van der Waals surface area contributed by atoms with Crippen LogP contribution in [0.4, 0.5) is 0 Å². The van der Waals surface area contributed by atoms with Crippen LogP contribution in [0.5, 0.6) is 11.5 Å². The zero-order chi connectivity index (χ0) is 25.2. The summed E-state index contributed by atoms with van der Waals surface area (Å²) < 4.78 is 11.4. The van der Waals surface area contributed by atoms with E-state index in [2.05, 4.69) is 13.2 Å². The van der Waals surface area contributed by atoms with E-state index in [9.17, 15) is 19.8 Å². The number of carbonyl (C=O) groups is 2. The Hall–Kier alpha value is -3.54. The van der Waals surface area contributed by atoms with Crippen LogP contribution in [0.2, 0.25) is 0 Å². The van der Waals surface area contributed by atoms with E-state index in [0.29, 0.717) is 33.4 Å². The Bertz CT molecular complexity index is 1010. The molecule has 0 spiro atoms. The molecule has 0 heterocycles. The molecule has 176 valence electrons. The summed E-state index contributed by atoms with van der Waals surface area (Å²) in [6, 6.07) is 7.04. The fourth-order valence-corrected chi connectivity index (χ4v) is 3.61. The summed E-state index contributed by atoms with van der Waals surface area (Å²) >= 11 is 0. The van der Waals surface area contributed by atoms with Gasteiger partial charge < -0.3 is 19.7 Å². The molecule has 33 heavy (non-hydrogen) atoms. The number of benzene rings is 2. The van der Waals surface area contributed by atoms with Crippen LogP contribution in [-0.4, -0.2) is 28.4 Å². The van der Waals surface area contributed by atoms with Crippen LogP contribution < -0.4 is 0 Å². The van der Waals surface area contributed by atoms with Crippen molar-refractivity contribution in [2.45, 2.75) is 60.2 Å². The maximum absolute atomic E-state index is 12.6. The highest BCUT2D eigenvalue weighted by Gasteiger charge is 2.44. The van der Waals surface area contributed by atoms with Gasteiger partial charge in [-0.3, -0.25) is 0 Å². The van der Waals surface area contributed by atoms with Crippen LogP contribution >= 0.6 is 0 Å². The first-order valence-corrected chi connectivity index (χ1v) is 10.5. The molecule has 2 aromatic carbocycles. The van der Waals surface area contributed by atoms with Gasteiger partial charge in [-0.05, 0) is 81.8 Å². The zero-order valence-corrected chi connectivity index (χ0v) is 20.3. The molecule has 6 nitrogen and oxygen atoms in total. The summed E-state index contributed by atoms with van der Waals surface area (Å²) in [6.07, 6.45) is -1.39. The Labute approximate surface area is 195 Å². The first kappa shape index (κ1) is 25.7. The first-order chi connectivity index (χ1) is 15.2. The number of rotatable bonds is 7. The minimum Gasteiger partial charge on any atom is -0.507 e. The van der Waals surface area contributed by atoms with E-state index in [1.807, 2.05) is 0 Å². The van der Waals surface area contributed by atoms with Gasteiger partial charge in [-0.1, -0.05) is 37.4 Å². The maximum atomic E-state index is 12.6. The van der Waals surface area contributed by atoms with Crippen molar-refractivity contribution < 1.29 is 29.3 Å². The molecule has 2 rings (SSSR count). The van der Waals surface area contributed by atoms with Crippen LogP contribution in [0, 0.1) is 27.7 Å². The molecule has 0 atom stereocenters. The van der Waals surface area contributed by atoms with Crippen molar-refractivity contribution in [3.63, 3.8) is 0 Å². The van der Waals surface area contributed by atoms with Gasteiger partial charge in [0.05, 0.1) is 5.41 Å².